The molecule has 0 aromatic rings. The van der Waals surface area contributed by atoms with Crippen molar-refractivity contribution in [3.05, 3.63) is 0 Å². The molecule has 0 heterocycles. The average Bonchev–Trinajstić information content (AvgIpc) is 0.922. The molecule has 594 valence electrons. The summed E-state index contributed by atoms with van der Waals surface area (Å²) in [4.78, 5) is 72.9. The summed E-state index contributed by atoms with van der Waals surface area (Å²) < 4.78 is 68.6. The molecule has 0 aromatic carbocycles. The fraction of sp³-hybridized carbons (Fsp3) is 0.951. The van der Waals surface area contributed by atoms with E-state index in [1.807, 2.05) is 0 Å². The van der Waals surface area contributed by atoms with Gasteiger partial charge in [0.1, 0.15) is 19.3 Å². The molecule has 0 spiro atoms. The van der Waals surface area contributed by atoms with E-state index in [2.05, 4.69) is 55.4 Å². The standard InChI is InChI=1S/C81H158O17P2/c1-71(2)57-49-41-33-27-23-19-15-11-9-10-12-17-21-25-29-37-47-55-63-80(85)97-76(67-91-78(83)61-53-45-39-31-35-43-51-59-73(5)6)69-95-99(87,88)93-65-75(82)66-94-100(89,90)96-70-77(68-92-79(84)62-54-46-40-32-36-44-52-60-74(7)8)98-81(86)64-56-48-38-30-26-22-18-14-13-16-20-24-28-34-42-50-58-72(3)4/h71-77,82H,9-70H2,1-8H3,(H,87,88)(H,89,90)/t75?,76-,77-/m1/s1. The lowest BCUT2D eigenvalue weighted by Gasteiger charge is -2.21. The van der Waals surface area contributed by atoms with Crippen LogP contribution >= 0.6 is 15.6 Å². The molecule has 0 aliphatic heterocycles. The summed E-state index contributed by atoms with van der Waals surface area (Å²) in [5, 5.41) is 10.6. The highest BCUT2D eigenvalue weighted by Crippen LogP contribution is 2.45. The van der Waals surface area contributed by atoms with Crippen LogP contribution in [0.4, 0.5) is 0 Å². The highest BCUT2D eigenvalue weighted by Gasteiger charge is 2.30. The molecule has 0 bridgehead atoms. The van der Waals surface area contributed by atoms with Gasteiger partial charge >= 0.3 is 39.5 Å². The minimum absolute atomic E-state index is 0.107. The Morgan fingerprint density at radius 3 is 0.620 bits per heavy atom. The Bertz CT molecular complexity index is 1950. The Labute approximate surface area is 613 Å². The monoisotopic (exact) mass is 1470 g/mol. The largest absolute Gasteiger partial charge is 0.472 e. The van der Waals surface area contributed by atoms with Gasteiger partial charge in [0, 0.05) is 25.7 Å². The molecule has 0 aromatic heterocycles. The molecule has 0 aliphatic rings. The molecule has 0 aliphatic carbocycles. The van der Waals surface area contributed by atoms with Crippen LogP contribution in [0, 0.1) is 23.7 Å². The van der Waals surface area contributed by atoms with Crippen LogP contribution in [0.2, 0.25) is 0 Å². The molecule has 3 unspecified atom stereocenters. The molecule has 19 heteroatoms. The normalized spacial score (nSPS) is 14.0. The van der Waals surface area contributed by atoms with Crippen molar-refractivity contribution in [1.82, 2.24) is 0 Å². The number of carbonyl (C=O) groups is 4. The number of esters is 4. The second kappa shape index (κ2) is 70.1. The smallest absolute Gasteiger partial charge is 0.462 e. The fourth-order valence-corrected chi connectivity index (χ4v) is 14.0. The minimum Gasteiger partial charge on any atom is -0.462 e. The Morgan fingerprint density at radius 2 is 0.420 bits per heavy atom. The zero-order valence-electron chi connectivity index (χ0n) is 65.8. The molecule has 0 fully saturated rings. The molecule has 3 N–H and O–H groups in total. The van der Waals surface area contributed by atoms with Crippen molar-refractivity contribution in [2.75, 3.05) is 39.6 Å². The quantitative estimate of drug-likeness (QED) is 0.0222. The van der Waals surface area contributed by atoms with Gasteiger partial charge in [-0.2, -0.15) is 0 Å². The molecule has 5 atom stereocenters. The summed E-state index contributed by atoms with van der Waals surface area (Å²) in [6.45, 7) is 14.2. The molecular weight excluding hydrogens is 1310 g/mol. The molecule has 0 saturated heterocycles. The summed E-state index contributed by atoms with van der Waals surface area (Å²) >= 11 is 0. The number of phosphoric acid groups is 2. The number of aliphatic hydroxyl groups excluding tert-OH is 1. The average molecular weight is 1470 g/mol. The number of unbranched alkanes of at least 4 members (excludes halogenated alkanes) is 44. The topological polar surface area (TPSA) is 237 Å². The maximum absolute atomic E-state index is 13.1. The van der Waals surface area contributed by atoms with Crippen LogP contribution in [0.25, 0.3) is 0 Å². The van der Waals surface area contributed by atoms with E-state index in [0.29, 0.717) is 37.5 Å². The van der Waals surface area contributed by atoms with Crippen LogP contribution in [-0.4, -0.2) is 96.7 Å². The van der Waals surface area contributed by atoms with Gasteiger partial charge in [0.2, 0.25) is 0 Å². The summed E-state index contributed by atoms with van der Waals surface area (Å²) in [7, 11) is -9.92. The number of phosphoric ester groups is 2. The summed E-state index contributed by atoms with van der Waals surface area (Å²) in [5.74, 6) is 0.922. The third-order valence-electron chi connectivity index (χ3n) is 18.8. The summed E-state index contributed by atoms with van der Waals surface area (Å²) in [5.41, 5.74) is 0. The van der Waals surface area contributed by atoms with Crippen molar-refractivity contribution in [3.63, 3.8) is 0 Å². The summed E-state index contributed by atoms with van der Waals surface area (Å²) in [6, 6.07) is 0. The van der Waals surface area contributed by atoms with Crippen LogP contribution < -0.4 is 0 Å². The Morgan fingerprint density at radius 1 is 0.250 bits per heavy atom. The predicted molar refractivity (Wildman–Crippen MR) is 409 cm³/mol. The maximum Gasteiger partial charge on any atom is 0.472 e. The molecule has 0 radical (unpaired) electrons. The fourth-order valence-electron chi connectivity index (χ4n) is 12.4. The first-order valence-corrected chi connectivity index (χ1v) is 44.7. The van der Waals surface area contributed by atoms with E-state index in [1.165, 1.54) is 205 Å². The second-order valence-electron chi connectivity index (χ2n) is 31.1. The van der Waals surface area contributed by atoms with Crippen LogP contribution in [0.15, 0.2) is 0 Å². The lowest BCUT2D eigenvalue weighted by atomic mass is 10.0. The molecular formula is C81H158O17P2. The van der Waals surface area contributed by atoms with E-state index in [4.69, 9.17) is 37.0 Å². The first-order valence-electron chi connectivity index (χ1n) is 41.7. The van der Waals surface area contributed by atoms with Crippen LogP contribution in [0.3, 0.4) is 0 Å². The van der Waals surface area contributed by atoms with Crippen molar-refractivity contribution in [3.8, 4) is 0 Å². The van der Waals surface area contributed by atoms with Crippen LogP contribution in [0.5, 0.6) is 0 Å². The third-order valence-corrected chi connectivity index (χ3v) is 20.7. The Balaban J connectivity index is 5.16. The van der Waals surface area contributed by atoms with E-state index >= 15 is 0 Å². The van der Waals surface area contributed by atoms with E-state index in [9.17, 15) is 43.2 Å². The zero-order valence-corrected chi connectivity index (χ0v) is 67.6. The van der Waals surface area contributed by atoms with Gasteiger partial charge in [-0.15, -0.1) is 0 Å². The number of hydrogen-bond acceptors (Lipinski definition) is 15. The number of rotatable bonds is 78. The maximum atomic E-state index is 13.1. The molecule has 17 nitrogen and oxygen atoms in total. The van der Waals surface area contributed by atoms with E-state index in [0.717, 1.165) is 115 Å². The first kappa shape index (κ1) is 98.1. The van der Waals surface area contributed by atoms with Crippen molar-refractivity contribution >= 4 is 39.5 Å². The van der Waals surface area contributed by atoms with Gasteiger partial charge in [0.25, 0.3) is 0 Å². The van der Waals surface area contributed by atoms with E-state index < -0.39 is 97.5 Å². The zero-order chi connectivity index (χ0) is 73.8. The summed E-state index contributed by atoms with van der Waals surface area (Å²) in [6.07, 6.45) is 57.2. The first-order chi connectivity index (χ1) is 48.1. The number of aliphatic hydroxyl groups is 1. The van der Waals surface area contributed by atoms with E-state index in [-0.39, 0.29) is 25.7 Å². The highest BCUT2D eigenvalue weighted by molar-refractivity contribution is 7.47. The SMILES string of the molecule is CC(C)CCCCCCCCCCCCCCCCCCCCC(=O)O[C@H](COC(=O)CCCCCCCCCC(C)C)COP(=O)(O)OCC(O)COP(=O)(O)OC[C@@H](COC(=O)CCCCCCCCCC(C)C)OC(=O)CCCCCCCCCCCCCCCCCCC(C)C. The molecule has 0 rings (SSSR count). The predicted octanol–water partition coefficient (Wildman–Crippen LogP) is 24.0. The van der Waals surface area contributed by atoms with Crippen molar-refractivity contribution in [1.29, 1.82) is 0 Å². The second-order valence-corrected chi connectivity index (χ2v) is 34.0. The third kappa shape index (κ3) is 74.3. The van der Waals surface area contributed by atoms with Crippen LogP contribution in [-0.2, 0) is 65.4 Å². The lowest BCUT2D eigenvalue weighted by molar-refractivity contribution is -0.161. The number of ether oxygens (including phenoxy) is 4. The van der Waals surface area contributed by atoms with Crippen LogP contribution in [0.1, 0.15) is 415 Å². The number of carbonyl (C=O) groups excluding carboxylic acids is 4. The molecule has 0 saturated carbocycles. The Hall–Kier alpha value is -1.94. The van der Waals surface area contributed by atoms with Gasteiger partial charge in [-0.1, -0.05) is 364 Å². The van der Waals surface area contributed by atoms with Gasteiger partial charge in [-0.3, -0.25) is 37.3 Å². The molecule has 0 amide bonds. The van der Waals surface area contributed by atoms with Gasteiger partial charge in [-0.05, 0) is 49.4 Å². The Kier molecular flexibility index (Phi) is 68.7. The van der Waals surface area contributed by atoms with Crippen molar-refractivity contribution < 1.29 is 80.2 Å². The van der Waals surface area contributed by atoms with Gasteiger partial charge in [0.05, 0.1) is 26.4 Å². The lowest BCUT2D eigenvalue weighted by Crippen LogP contribution is -2.30. The molecule has 100 heavy (non-hydrogen) atoms. The van der Waals surface area contributed by atoms with E-state index in [1.54, 1.807) is 0 Å². The van der Waals surface area contributed by atoms with Gasteiger partial charge in [0.15, 0.2) is 12.2 Å². The van der Waals surface area contributed by atoms with Gasteiger partial charge in [-0.25, -0.2) is 9.13 Å². The number of hydrogen-bond donors (Lipinski definition) is 3. The van der Waals surface area contributed by atoms with Gasteiger partial charge < -0.3 is 33.8 Å². The van der Waals surface area contributed by atoms with Crippen molar-refractivity contribution in [2.24, 2.45) is 23.7 Å². The highest BCUT2D eigenvalue weighted by atomic mass is 31.2. The van der Waals surface area contributed by atoms with Crippen molar-refractivity contribution in [2.45, 2.75) is 433 Å². The minimum atomic E-state index is -4.96.